The van der Waals surface area contributed by atoms with Crippen LogP contribution in [0.25, 0.3) is 0 Å². The Hall–Kier alpha value is -0.550. The van der Waals surface area contributed by atoms with Crippen molar-refractivity contribution in [2.75, 3.05) is 13.2 Å². The maximum absolute atomic E-state index is 6.23. The molecule has 1 aliphatic heterocycles. The van der Waals surface area contributed by atoms with Gasteiger partial charge in [-0.3, -0.25) is 0 Å². The quantitative estimate of drug-likeness (QED) is 0.744. The van der Waals surface area contributed by atoms with Crippen LogP contribution in [0, 0.1) is 0 Å². The van der Waals surface area contributed by atoms with Gasteiger partial charge in [-0.25, -0.2) is 0 Å². The number of thiophene rings is 1. The van der Waals surface area contributed by atoms with Crippen LogP contribution in [-0.4, -0.2) is 13.2 Å². The smallest absolute Gasteiger partial charge is 0.122 e. The summed E-state index contributed by atoms with van der Waals surface area (Å²) in [6, 6.07) is 10.7. The summed E-state index contributed by atoms with van der Waals surface area (Å²) in [5.74, 6) is 1.34. The van der Waals surface area contributed by atoms with Crippen molar-refractivity contribution in [2.24, 2.45) is 0 Å². The highest BCUT2D eigenvalue weighted by molar-refractivity contribution is 9.10. The molecule has 1 N–H and O–H groups in total. The Morgan fingerprint density at radius 1 is 1.48 bits per heavy atom. The first-order chi connectivity index (χ1) is 10.2. The molecule has 3 rings (SSSR count). The number of benzene rings is 1. The van der Waals surface area contributed by atoms with Crippen molar-refractivity contribution >= 4 is 38.9 Å². The second-order valence-electron chi connectivity index (χ2n) is 5.16. The average molecular weight is 387 g/mol. The fraction of sp³-hybridized carbons (Fsp3) is 0.375. The van der Waals surface area contributed by atoms with Crippen LogP contribution < -0.4 is 10.1 Å². The van der Waals surface area contributed by atoms with Gasteiger partial charge in [0.25, 0.3) is 0 Å². The molecule has 1 aliphatic rings. The number of para-hydroxylation sites is 1. The molecular weight excluding hydrogens is 370 g/mol. The van der Waals surface area contributed by atoms with Crippen LogP contribution in [0.1, 0.15) is 35.7 Å². The van der Waals surface area contributed by atoms with Crippen molar-refractivity contribution < 1.29 is 4.74 Å². The first-order valence-corrected chi connectivity index (χ1v) is 9.09. The summed E-state index contributed by atoms with van der Waals surface area (Å²) < 4.78 is 7.63. The van der Waals surface area contributed by atoms with E-state index in [9.17, 15) is 0 Å². The minimum absolute atomic E-state index is 0.238. The Labute approximate surface area is 142 Å². The van der Waals surface area contributed by atoms with Gasteiger partial charge in [0.2, 0.25) is 0 Å². The minimum Gasteiger partial charge on any atom is -0.493 e. The van der Waals surface area contributed by atoms with Crippen LogP contribution in [0.15, 0.2) is 34.8 Å². The average Bonchev–Trinajstić information content (AvgIpc) is 3.05. The van der Waals surface area contributed by atoms with Crippen molar-refractivity contribution in [1.82, 2.24) is 5.32 Å². The molecule has 0 saturated heterocycles. The Balaban J connectivity index is 1.93. The lowest BCUT2D eigenvalue weighted by molar-refractivity contribution is 0.301. The van der Waals surface area contributed by atoms with Crippen LogP contribution in [0.5, 0.6) is 5.75 Å². The molecule has 0 amide bonds. The summed E-state index contributed by atoms with van der Waals surface area (Å²) in [7, 11) is 0. The molecule has 21 heavy (non-hydrogen) atoms. The van der Waals surface area contributed by atoms with E-state index in [0.29, 0.717) is 12.5 Å². The van der Waals surface area contributed by atoms with Crippen molar-refractivity contribution in [3.05, 3.63) is 49.6 Å². The molecule has 0 spiro atoms. The van der Waals surface area contributed by atoms with Crippen LogP contribution >= 0.6 is 38.9 Å². The van der Waals surface area contributed by atoms with E-state index in [4.69, 9.17) is 16.3 Å². The van der Waals surface area contributed by atoms with Gasteiger partial charge in [-0.05, 0) is 41.0 Å². The van der Waals surface area contributed by atoms with E-state index in [-0.39, 0.29) is 6.04 Å². The van der Waals surface area contributed by atoms with Crippen LogP contribution in [0.3, 0.4) is 0 Å². The van der Waals surface area contributed by atoms with E-state index in [1.807, 2.05) is 12.1 Å². The van der Waals surface area contributed by atoms with Crippen molar-refractivity contribution in [1.29, 1.82) is 0 Å². The monoisotopic (exact) mass is 385 g/mol. The molecule has 2 atom stereocenters. The molecule has 0 saturated carbocycles. The van der Waals surface area contributed by atoms with Gasteiger partial charge < -0.3 is 10.1 Å². The molecule has 2 unspecified atom stereocenters. The fourth-order valence-corrected chi connectivity index (χ4v) is 4.60. The van der Waals surface area contributed by atoms with Gasteiger partial charge in [0.15, 0.2) is 0 Å². The molecule has 0 radical (unpaired) electrons. The maximum Gasteiger partial charge on any atom is 0.122 e. The van der Waals surface area contributed by atoms with E-state index in [2.05, 4.69) is 46.4 Å². The van der Waals surface area contributed by atoms with Gasteiger partial charge in [-0.15, -0.1) is 11.3 Å². The first-order valence-electron chi connectivity index (χ1n) is 7.10. The molecule has 1 aromatic heterocycles. The molecular formula is C16H17BrClNOS. The summed E-state index contributed by atoms with van der Waals surface area (Å²) in [6.45, 7) is 3.88. The Bertz CT molecular complexity index is 611. The molecule has 1 aromatic carbocycles. The highest BCUT2D eigenvalue weighted by Crippen LogP contribution is 2.45. The third-order valence-electron chi connectivity index (χ3n) is 3.72. The predicted molar refractivity (Wildman–Crippen MR) is 92.7 cm³/mol. The van der Waals surface area contributed by atoms with E-state index in [1.54, 1.807) is 11.3 Å². The summed E-state index contributed by atoms with van der Waals surface area (Å²) >= 11 is 11.4. The van der Waals surface area contributed by atoms with Gasteiger partial charge in [-0.2, -0.15) is 0 Å². The Morgan fingerprint density at radius 3 is 3.00 bits per heavy atom. The number of hydrogen-bond acceptors (Lipinski definition) is 3. The van der Waals surface area contributed by atoms with Gasteiger partial charge in [0.1, 0.15) is 10.1 Å². The fourth-order valence-electron chi connectivity index (χ4n) is 2.72. The zero-order valence-electron chi connectivity index (χ0n) is 11.7. The standard InChI is InChI=1S/C16H17BrClNOS/c1-2-7-19-15(14-8-12(17)16(18)21-14)11-9-20-13-6-4-3-5-10(11)13/h3-6,8,11,15,19H,2,7,9H2,1H3. The third-order valence-corrected chi connectivity index (χ3v) is 6.28. The minimum atomic E-state index is 0.238. The van der Waals surface area contributed by atoms with Crippen LogP contribution in [0.2, 0.25) is 4.34 Å². The maximum atomic E-state index is 6.23. The Morgan fingerprint density at radius 2 is 2.29 bits per heavy atom. The first kappa shape index (κ1) is 15.3. The molecule has 112 valence electrons. The zero-order chi connectivity index (χ0) is 14.8. The number of ether oxygens (including phenoxy) is 1. The molecule has 2 heterocycles. The molecule has 0 fully saturated rings. The van der Waals surface area contributed by atoms with E-state index in [1.165, 1.54) is 10.4 Å². The lowest BCUT2D eigenvalue weighted by Gasteiger charge is -2.23. The topological polar surface area (TPSA) is 21.3 Å². The molecule has 0 bridgehead atoms. The van der Waals surface area contributed by atoms with E-state index in [0.717, 1.165) is 27.5 Å². The Kier molecular flexibility index (Phi) is 4.89. The predicted octanol–water partition coefficient (Wildman–Crippen LogP) is 5.38. The highest BCUT2D eigenvalue weighted by atomic mass is 79.9. The summed E-state index contributed by atoms with van der Waals surface area (Å²) in [4.78, 5) is 1.26. The largest absolute Gasteiger partial charge is 0.493 e. The summed E-state index contributed by atoms with van der Waals surface area (Å²) in [5, 5.41) is 3.66. The lowest BCUT2D eigenvalue weighted by Crippen LogP contribution is -2.28. The number of hydrogen-bond donors (Lipinski definition) is 1. The summed E-state index contributed by atoms with van der Waals surface area (Å²) in [6.07, 6.45) is 1.10. The summed E-state index contributed by atoms with van der Waals surface area (Å²) in [5.41, 5.74) is 1.28. The zero-order valence-corrected chi connectivity index (χ0v) is 14.9. The number of rotatable bonds is 5. The van der Waals surface area contributed by atoms with Gasteiger partial charge in [-0.1, -0.05) is 36.7 Å². The van der Waals surface area contributed by atoms with E-state index >= 15 is 0 Å². The number of nitrogens with one attached hydrogen (secondary N) is 1. The number of halogens is 2. The number of fused-ring (bicyclic) bond motifs is 1. The third kappa shape index (κ3) is 3.14. The van der Waals surface area contributed by atoms with E-state index < -0.39 is 0 Å². The van der Waals surface area contributed by atoms with Gasteiger partial charge in [0.05, 0.1) is 12.6 Å². The molecule has 0 aliphatic carbocycles. The normalized spacial score (nSPS) is 18.3. The van der Waals surface area contributed by atoms with Crippen molar-refractivity contribution in [3.8, 4) is 5.75 Å². The van der Waals surface area contributed by atoms with Gasteiger partial charge in [0, 0.05) is 20.8 Å². The van der Waals surface area contributed by atoms with Crippen LogP contribution in [-0.2, 0) is 0 Å². The lowest BCUT2D eigenvalue weighted by atomic mass is 9.92. The highest BCUT2D eigenvalue weighted by Gasteiger charge is 2.33. The SMILES string of the molecule is CCCNC(c1cc(Br)c(Cl)s1)C1COc2ccccc21. The van der Waals surface area contributed by atoms with Gasteiger partial charge >= 0.3 is 0 Å². The van der Waals surface area contributed by atoms with Crippen molar-refractivity contribution in [2.45, 2.75) is 25.3 Å². The molecule has 2 nitrogen and oxygen atoms in total. The van der Waals surface area contributed by atoms with Crippen molar-refractivity contribution in [3.63, 3.8) is 0 Å². The second kappa shape index (κ2) is 6.69. The molecule has 2 aromatic rings. The molecule has 5 heteroatoms. The van der Waals surface area contributed by atoms with Crippen LogP contribution in [0.4, 0.5) is 0 Å². The second-order valence-corrected chi connectivity index (χ2v) is 7.70.